The van der Waals surface area contributed by atoms with Gasteiger partial charge in [0.15, 0.2) is 11.0 Å². The monoisotopic (exact) mass is 453 g/mol. The van der Waals surface area contributed by atoms with Crippen molar-refractivity contribution in [2.45, 2.75) is 38.0 Å². The van der Waals surface area contributed by atoms with Crippen LogP contribution in [0.5, 0.6) is 0 Å². The molecule has 6 nitrogen and oxygen atoms in total. The van der Waals surface area contributed by atoms with Crippen LogP contribution < -0.4 is 5.32 Å². The molecule has 0 aliphatic heterocycles. The van der Waals surface area contributed by atoms with Crippen molar-refractivity contribution >= 4 is 29.3 Å². The zero-order valence-electron chi connectivity index (χ0n) is 17.7. The molecule has 3 rings (SSSR count). The minimum absolute atomic E-state index is 0.00955. The number of nitrogens with one attached hydrogen (secondary N) is 1. The van der Waals surface area contributed by atoms with Crippen LogP contribution in [0.25, 0.3) is 11.4 Å². The second kappa shape index (κ2) is 9.99. The highest BCUT2D eigenvalue weighted by Gasteiger charge is 2.30. The van der Waals surface area contributed by atoms with Crippen LogP contribution in [0.4, 0.5) is 0 Å². The van der Waals surface area contributed by atoms with E-state index in [2.05, 4.69) is 21.6 Å². The normalized spacial score (nSPS) is 12.9. The number of carbonyl (C=O) groups is 1. The summed E-state index contributed by atoms with van der Waals surface area (Å²) in [5.74, 6) is 0.611. The second-order valence-corrected chi connectivity index (χ2v) is 9.07. The van der Waals surface area contributed by atoms with Crippen LogP contribution in [-0.4, -0.2) is 32.0 Å². The first-order chi connectivity index (χ1) is 14.8. The molecule has 0 aliphatic rings. The van der Waals surface area contributed by atoms with Gasteiger partial charge in [0, 0.05) is 10.6 Å². The minimum Gasteiger partial charge on any atom is -0.337 e. The SMILES string of the molecule is CC(C)[C@@](C)(C#N)NC(=O)CSc1nnc(-c2ccc(Cl)cc2)n1Cc1ccccc1. The van der Waals surface area contributed by atoms with Crippen molar-refractivity contribution in [2.24, 2.45) is 5.92 Å². The molecule has 0 radical (unpaired) electrons. The number of aromatic nitrogens is 3. The minimum atomic E-state index is -0.913. The Bertz CT molecular complexity index is 1080. The van der Waals surface area contributed by atoms with E-state index in [1.54, 1.807) is 6.92 Å². The lowest BCUT2D eigenvalue weighted by Crippen LogP contribution is -2.49. The van der Waals surface area contributed by atoms with E-state index in [4.69, 9.17) is 11.6 Å². The molecule has 1 aromatic heterocycles. The largest absolute Gasteiger partial charge is 0.337 e. The van der Waals surface area contributed by atoms with Gasteiger partial charge in [-0.25, -0.2) is 0 Å². The van der Waals surface area contributed by atoms with E-state index >= 15 is 0 Å². The number of nitriles is 1. The Balaban J connectivity index is 1.83. The van der Waals surface area contributed by atoms with Gasteiger partial charge >= 0.3 is 0 Å². The number of amides is 1. The molecule has 1 heterocycles. The van der Waals surface area contributed by atoms with E-state index in [0.29, 0.717) is 22.5 Å². The molecule has 0 unspecified atom stereocenters. The summed E-state index contributed by atoms with van der Waals surface area (Å²) in [4.78, 5) is 12.5. The lowest BCUT2D eigenvalue weighted by atomic mass is 9.90. The highest BCUT2D eigenvalue weighted by atomic mass is 35.5. The van der Waals surface area contributed by atoms with Crippen molar-refractivity contribution in [3.8, 4) is 17.5 Å². The van der Waals surface area contributed by atoms with Gasteiger partial charge in [0.25, 0.3) is 0 Å². The molecule has 1 N–H and O–H groups in total. The Labute approximate surface area is 191 Å². The third-order valence-electron chi connectivity index (χ3n) is 5.12. The molecule has 0 fully saturated rings. The molecule has 160 valence electrons. The quantitative estimate of drug-likeness (QED) is 0.495. The molecule has 1 amide bonds. The summed E-state index contributed by atoms with van der Waals surface area (Å²) in [6.07, 6.45) is 0. The number of rotatable bonds is 8. The summed E-state index contributed by atoms with van der Waals surface area (Å²) in [5, 5.41) is 22.3. The van der Waals surface area contributed by atoms with Gasteiger partial charge in [0.2, 0.25) is 5.91 Å². The highest BCUT2D eigenvalue weighted by molar-refractivity contribution is 7.99. The molecule has 1 atom stereocenters. The highest BCUT2D eigenvalue weighted by Crippen LogP contribution is 2.26. The average Bonchev–Trinajstić information content (AvgIpc) is 3.15. The molecule has 0 aliphatic carbocycles. The van der Waals surface area contributed by atoms with E-state index < -0.39 is 5.54 Å². The maximum absolute atomic E-state index is 12.5. The fraction of sp³-hybridized carbons (Fsp3) is 0.304. The van der Waals surface area contributed by atoms with Gasteiger partial charge < -0.3 is 5.32 Å². The maximum atomic E-state index is 12.5. The maximum Gasteiger partial charge on any atom is 0.231 e. The molecule has 0 saturated heterocycles. The molecule has 8 heteroatoms. The predicted molar refractivity (Wildman–Crippen MR) is 124 cm³/mol. The Morgan fingerprint density at radius 1 is 1.19 bits per heavy atom. The molecular weight excluding hydrogens is 430 g/mol. The summed E-state index contributed by atoms with van der Waals surface area (Å²) in [6.45, 7) is 6.12. The number of benzene rings is 2. The van der Waals surface area contributed by atoms with Gasteiger partial charge in [-0.2, -0.15) is 5.26 Å². The fourth-order valence-electron chi connectivity index (χ4n) is 2.87. The topological polar surface area (TPSA) is 83.6 Å². The van der Waals surface area contributed by atoms with Crippen molar-refractivity contribution < 1.29 is 4.79 Å². The Morgan fingerprint density at radius 3 is 2.48 bits per heavy atom. The van der Waals surface area contributed by atoms with Crippen molar-refractivity contribution in [2.75, 3.05) is 5.75 Å². The van der Waals surface area contributed by atoms with Crippen molar-refractivity contribution in [1.29, 1.82) is 5.26 Å². The summed E-state index contributed by atoms with van der Waals surface area (Å²) in [6, 6.07) is 19.6. The molecule has 0 bridgehead atoms. The Hall–Kier alpha value is -2.82. The second-order valence-electron chi connectivity index (χ2n) is 7.69. The fourth-order valence-corrected chi connectivity index (χ4v) is 3.74. The van der Waals surface area contributed by atoms with E-state index in [0.717, 1.165) is 11.1 Å². The zero-order valence-corrected chi connectivity index (χ0v) is 19.2. The van der Waals surface area contributed by atoms with Crippen LogP contribution in [0, 0.1) is 17.2 Å². The number of hydrogen-bond donors (Lipinski definition) is 1. The molecular formula is C23H24ClN5OS. The van der Waals surface area contributed by atoms with Crippen LogP contribution in [0.3, 0.4) is 0 Å². The van der Waals surface area contributed by atoms with E-state index in [1.807, 2.05) is 73.0 Å². The number of thioether (sulfide) groups is 1. The Kier molecular flexibility index (Phi) is 7.37. The van der Waals surface area contributed by atoms with Gasteiger partial charge in [0.05, 0.1) is 18.4 Å². The predicted octanol–water partition coefficient (Wildman–Crippen LogP) is 4.79. The summed E-state index contributed by atoms with van der Waals surface area (Å²) in [7, 11) is 0. The lowest BCUT2D eigenvalue weighted by Gasteiger charge is -2.27. The van der Waals surface area contributed by atoms with Gasteiger partial charge in [-0.3, -0.25) is 9.36 Å². The van der Waals surface area contributed by atoms with Gasteiger partial charge in [-0.15, -0.1) is 10.2 Å². The summed E-state index contributed by atoms with van der Waals surface area (Å²) < 4.78 is 1.99. The third kappa shape index (κ3) is 5.66. The molecule has 0 spiro atoms. The van der Waals surface area contributed by atoms with Crippen LogP contribution in [0.1, 0.15) is 26.3 Å². The smallest absolute Gasteiger partial charge is 0.231 e. The summed E-state index contributed by atoms with van der Waals surface area (Å²) >= 11 is 7.33. The third-order valence-corrected chi connectivity index (χ3v) is 6.34. The van der Waals surface area contributed by atoms with Crippen LogP contribution in [0.15, 0.2) is 59.8 Å². The first-order valence-electron chi connectivity index (χ1n) is 9.90. The van der Waals surface area contributed by atoms with E-state index in [9.17, 15) is 10.1 Å². The van der Waals surface area contributed by atoms with Gasteiger partial charge in [0.1, 0.15) is 5.54 Å². The number of hydrogen-bond acceptors (Lipinski definition) is 5. The standard InChI is InChI=1S/C23H24ClN5OS/c1-16(2)23(3,15-25)26-20(30)14-31-22-28-27-21(18-9-11-19(24)12-10-18)29(22)13-17-7-5-4-6-8-17/h4-12,16H,13-14H2,1-3H3,(H,26,30)/t23-/m1/s1. The molecule has 0 saturated carbocycles. The number of nitrogens with zero attached hydrogens (tertiary/aromatic N) is 4. The van der Waals surface area contributed by atoms with Crippen LogP contribution in [-0.2, 0) is 11.3 Å². The van der Waals surface area contributed by atoms with Crippen molar-refractivity contribution in [3.63, 3.8) is 0 Å². The average molecular weight is 454 g/mol. The van der Waals surface area contributed by atoms with Gasteiger partial charge in [-0.1, -0.05) is 67.5 Å². The van der Waals surface area contributed by atoms with Crippen LogP contribution in [0.2, 0.25) is 5.02 Å². The van der Waals surface area contributed by atoms with Crippen molar-refractivity contribution in [1.82, 2.24) is 20.1 Å². The van der Waals surface area contributed by atoms with E-state index in [-0.39, 0.29) is 17.6 Å². The number of carbonyl (C=O) groups excluding carboxylic acids is 1. The summed E-state index contributed by atoms with van der Waals surface area (Å²) in [5.41, 5.74) is 1.07. The first kappa shape index (κ1) is 22.9. The van der Waals surface area contributed by atoms with Crippen molar-refractivity contribution in [3.05, 3.63) is 65.2 Å². The van der Waals surface area contributed by atoms with E-state index in [1.165, 1.54) is 11.8 Å². The molecule has 2 aromatic carbocycles. The zero-order chi connectivity index (χ0) is 22.4. The van der Waals surface area contributed by atoms with Gasteiger partial charge in [-0.05, 0) is 42.7 Å². The molecule has 3 aromatic rings. The molecule has 31 heavy (non-hydrogen) atoms. The Morgan fingerprint density at radius 2 is 1.87 bits per heavy atom. The first-order valence-corrected chi connectivity index (χ1v) is 11.3. The lowest BCUT2D eigenvalue weighted by molar-refractivity contribution is -0.120. The number of halogens is 1. The van der Waals surface area contributed by atoms with Crippen LogP contribution >= 0.6 is 23.4 Å².